The van der Waals surface area contributed by atoms with Gasteiger partial charge >= 0.3 is 12.1 Å². The third-order valence-corrected chi connectivity index (χ3v) is 6.65. The van der Waals surface area contributed by atoms with Crippen LogP contribution in [0.4, 0.5) is 18.9 Å². The van der Waals surface area contributed by atoms with Crippen molar-refractivity contribution in [3.8, 4) is 5.69 Å². The maximum absolute atomic E-state index is 13.6. The number of hydrogen-bond donors (Lipinski definition) is 0. The van der Waals surface area contributed by atoms with Gasteiger partial charge in [-0.05, 0) is 81.7 Å². The van der Waals surface area contributed by atoms with Crippen molar-refractivity contribution in [2.45, 2.75) is 40.8 Å². The molecule has 37 heavy (non-hydrogen) atoms. The fourth-order valence-electron chi connectivity index (χ4n) is 4.90. The molecule has 5 nitrogen and oxygen atoms in total. The number of carbonyl (C=O) groups is 2. The molecule has 2 heterocycles. The van der Waals surface area contributed by atoms with E-state index in [1.807, 2.05) is 52.0 Å². The highest BCUT2D eigenvalue weighted by molar-refractivity contribution is 6.23. The average molecular weight is 509 g/mol. The van der Waals surface area contributed by atoms with Crippen molar-refractivity contribution in [3.05, 3.63) is 99.0 Å². The monoisotopic (exact) mass is 508 g/mol. The first-order chi connectivity index (χ1) is 17.4. The number of esters is 1. The highest BCUT2D eigenvalue weighted by Gasteiger charge is 2.39. The summed E-state index contributed by atoms with van der Waals surface area (Å²) in [6.45, 7) is 9.44. The van der Waals surface area contributed by atoms with E-state index in [1.54, 1.807) is 6.08 Å². The molecule has 4 rings (SSSR count). The number of methoxy groups -OCH3 is 1. The summed E-state index contributed by atoms with van der Waals surface area (Å²) in [5.41, 5.74) is 5.10. The molecule has 2 aromatic carbocycles. The van der Waals surface area contributed by atoms with E-state index in [4.69, 9.17) is 4.74 Å². The van der Waals surface area contributed by atoms with E-state index in [-0.39, 0.29) is 22.5 Å². The van der Waals surface area contributed by atoms with Gasteiger partial charge in [-0.3, -0.25) is 9.69 Å². The van der Waals surface area contributed by atoms with E-state index in [1.165, 1.54) is 26.2 Å². The second-order valence-corrected chi connectivity index (χ2v) is 9.10. The second kappa shape index (κ2) is 9.42. The van der Waals surface area contributed by atoms with Gasteiger partial charge in [0, 0.05) is 22.8 Å². The van der Waals surface area contributed by atoms with Crippen LogP contribution in [0, 0.1) is 27.7 Å². The smallest absolute Gasteiger partial charge is 0.416 e. The van der Waals surface area contributed by atoms with Gasteiger partial charge in [0.2, 0.25) is 0 Å². The lowest BCUT2D eigenvalue weighted by molar-refractivity contribution is -0.137. The summed E-state index contributed by atoms with van der Waals surface area (Å²) in [5, 5.41) is 0. The fourth-order valence-corrected chi connectivity index (χ4v) is 4.90. The number of nitrogens with zero attached hydrogens (tertiary/aromatic N) is 2. The Morgan fingerprint density at radius 3 is 2.16 bits per heavy atom. The number of rotatable bonds is 4. The van der Waals surface area contributed by atoms with E-state index in [0.717, 1.165) is 45.2 Å². The highest BCUT2D eigenvalue weighted by Crippen LogP contribution is 2.39. The average Bonchev–Trinajstić information content (AvgIpc) is 3.24. The Morgan fingerprint density at radius 2 is 1.57 bits per heavy atom. The van der Waals surface area contributed by atoms with Crippen molar-refractivity contribution in [1.29, 1.82) is 0 Å². The standard InChI is InChI=1S/C29H27F3N2O3/c1-16-9-7-10-17(2)26(16)33-18(3)13-21(19(33)4)14-24-25(28(36)37-6)20(5)34(27(24)35)23-12-8-11-22(15-23)29(30,31)32/h7-15H,1-6H3/b24-14-. The third kappa shape index (κ3) is 4.48. The minimum atomic E-state index is -4.58. The molecule has 1 amide bonds. The first-order valence-electron chi connectivity index (χ1n) is 11.6. The molecule has 0 unspecified atom stereocenters. The van der Waals surface area contributed by atoms with Crippen LogP contribution in [0.2, 0.25) is 0 Å². The summed E-state index contributed by atoms with van der Waals surface area (Å²) in [7, 11) is 1.20. The summed E-state index contributed by atoms with van der Waals surface area (Å²) < 4.78 is 47.1. The van der Waals surface area contributed by atoms with E-state index >= 15 is 0 Å². The number of alkyl halides is 3. The number of anilines is 1. The van der Waals surface area contributed by atoms with Gasteiger partial charge in [-0.25, -0.2) is 4.79 Å². The quantitative estimate of drug-likeness (QED) is 0.295. The predicted octanol–water partition coefficient (Wildman–Crippen LogP) is 6.61. The number of hydrogen-bond acceptors (Lipinski definition) is 3. The number of aryl methyl sites for hydroxylation is 3. The minimum Gasteiger partial charge on any atom is -0.465 e. The van der Waals surface area contributed by atoms with E-state index in [2.05, 4.69) is 4.57 Å². The van der Waals surface area contributed by atoms with Crippen LogP contribution in [0.3, 0.4) is 0 Å². The Hall–Kier alpha value is -4.07. The third-order valence-electron chi connectivity index (χ3n) is 6.65. The summed E-state index contributed by atoms with van der Waals surface area (Å²) in [4.78, 5) is 27.5. The molecule has 1 aromatic heterocycles. The van der Waals surface area contributed by atoms with Gasteiger partial charge in [-0.1, -0.05) is 24.3 Å². The minimum absolute atomic E-state index is 0.0155. The van der Waals surface area contributed by atoms with Gasteiger partial charge in [0.05, 0.1) is 29.5 Å². The molecule has 0 bridgehead atoms. The number of ether oxygens (including phenoxy) is 1. The van der Waals surface area contributed by atoms with E-state index < -0.39 is 23.6 Å². The molecule has 3 aromatic rings. The molecule has 0 atom stereocenters. The predicted molar refractivity (Wildman–Crippen MR) is 136 cm³/mol. The van der Waals surface area contributed by atoms with Gasteiger partial charge in [-0.15, -0.1) is 0 Å². The van der Waals surface area contributed by atoms with Crippen LogP contribution < -0.4 is 4.90 Å². The molecule has 0 saturated carbocycles. The van der Waals surface area contributed by atoms with Gasteiger partial charge in [0.25, 0.3) is 5.91 Å². The number of halogens is 3. The van der Waals surface area contributed by atoms with Gasteiger partial charge in [0.1, 0.15) is 0 Å². The summed E-state index contributed by atoms with van der Waals surface area (Å²) in [6.07, 6.45) is -2.97. The lowest BCUT2D eigenvalue weighted by atomic mass is 10.0. The fraction of sp³-hybridized carbons (Fsp3) is 0.241. The normalized spacial score (nSPS) is 15.2. The molecule has 0 aliphatic carbocycles. The zero-order valence-corrected chi connectivity index (χ0v) is 21.4. The molecule has 1 aliphatic heterocycles. The first-order valence-corrected chi connectivity index (χ1v) is 11.6. The van der Waals surface area contributed by atoms with Crippen LogP contribution in [0.15, 0.2) is 65.4 Å². The van der Waals surface area contributed by atoms with Crippen molar-refractivity contribution >= 4 is 23.6 Å². The van der Waals surface area contributed by atoms with Crippen LogP contribution in [-0.4, -0.2) is 23.6 Å². The molecule has 192 valence electrons. The number of para-hydroxylation sites is 1. The van der Waals surface area contributed by atoms with Crippen LogP contribution in [-0.2, 0) is 20.5 Å². The largest absolute Gasteiger partial charge is 0.465 e. The number of amides is 1. The number of benzene rings is 2. The Bertz CT molecular complexity index is 1470. The van der Waals surface area contributed by atoms with Crippen LogP contribution in [0.25, 0.3) is 11.8 Å². The zero-order chi connectivity index (χ0) is 27.2. The van der Waals surface area contributed by atoms with Gasteiger partial charge < -0.3 is 9.30 Å². The molecule has 0 radical (unpaired) electrons. The summed E-state index contributed by atoms with van der Waals surface area (Å²) in [5.74, 6) is -1.34. The maximum Gasteiger partial charge on any atom is 0.416 e. The molecule has 0 fully saturated rings. The van der Waals surface area contributed by atoms with Crippen molar-refractivity contribution in [1.82, 2.24) is 4.57 Å². The van der Waals surface area contributed by atoms with Gasteiger partial charge in [0.15, 0.2) is 0 Å². The van der Waals surface area contributed by atoms with Crippen LogP contribution >= 0.6 is 0 Å². The Kier molecular flexibility index (Phi) is 6.62. The molecule has 0 saturated heterocycles. The first kappa shape index (κ1) is 26.0. The lowest BCUT2D eigenvalue weighted by Gasteiger charge is -2.19. The Morgan fingerprint density at radius 1 is 0.946 bits per heavy atom. The second-order valence-electron chi connectivity index (χ2n) is 9.10. The Labute approximate surface area is 213 Å². The van der Waals surface area contributed by atoms with Crippen molar-refractivity contribution in [2.75, 3.05) is 12.0 Å². The Balaban J connectivity index is 1.88. The number of carbonyl (C=O) groups excluding carboxylic acids is 2. The van der Waals surface area contributed by atoms with Crippen molar-refractivity contribution < 1.29 is 27.5 Å². The molecular formula is C29H27F3N2O3. The maximum atomic E-state index is 13.6. The van der Waals surface area contributed by atoms with Crippen LogP contribution in [0.5, 0.6) is 0 Å². The van der Waals surface area contributed by atoms with Gasteiger partial charge in [-0.2, -0.15) is 13.2 Å². The molecule has 0 N–H and O–H groups in total. The highest BCUT2D eigenvalue weighted by atomic mass is 19.4. The van der Waals surface area contributed by atoms with E-state index in [9.17, 15) is 22.8 Å². The molecule has 1 aliphatic rings. The van der Waals surface area contributed by atoms with Crippen LogP contribution in [0.1, 0.15) is 40.6 Å². The SMILES string of the molecule is COC(=O)C1=C(C)N(c2cccc(C(F)(F)F)c2)C(=O)/C1=C\c1cc(C)n(-c2c(C)cccc2C)c1C. The van der Waals surface area contributed by atoms with Crippen molar-refractivity contribution in [3.63, 3.8) is 0 Å². The molecular weight excluding hydrogens is 481 g/mol. The van der Waals surface area contributed by atoms with Crippen molar-refractivity contribution in [2.24, 2.45) is 0 Å². The summed E-state index contributed by atoms with van der Waals surface area (Å²) >= 11 is 0. The summed E-state index contributed by atoms with van der Waals surface area (Å²) in [6, 6.07) is 12.4. The topological polar surface area (TPSA) is 51.5 Å². The number of aromatic nitrogens is 1. The number of allylic oxidation sites excluding steroid dienone is 1. The zero-order valence-electron chi connectivity index (χ0n) is 21.4. The van der Waals surface area contributed by atoms with E-state index in [0.29, 0.717) is 5.56 Å². The lowest BCUT2D eigenvalue weighted by Crippen LogP contribution is -2.25. The molecule has 8 heteroatoms. The molecule has 0 spiro atoms.